The summed E-state index contributed by atoms with van der Waals surface area (Å²) in [6.45, 7) is 7.91. The number of rotatable bonds is 7. The van der Waals surface area contributed by atoms with Crippen LogP contribution in [0.25, 0.3) is 0 Å². The Hall–Kier alpha value is -2.36. The molecule has 2 amide bonds. The summed E-state index contributed by atoms with van der Waals surface area (Å²) < 4.78 is 13.2. The maximum atomic E-state index is 13.2. The summed E-state index contributed by atoms with van der Waals surface area (Å²) in [4.78, 5) is 31.6. The molecule has 0 spiro atoms. The van der Waals surface area contributed by atoms with Crippen molar-refractivity contribution in [3.05, 3.63) is 46.2 Å². The van der Waals surface area contributed by atoms with E-state index in [2.05, 4.69) is 25.8 Å². The van der Waals surface area contributed by atoms with Gasteiger partial charge in [-0.25, -0.2) is 14.2 Å². The van der Waals surface area contributed by atoms with Gasteiger partial charge in [-0.05, 0) is 56.3 Å². The van der Waals surface area contributed by atoms with Gasteiger partial charge in [-0.15, -0.1) is 0 Å². The van der Waals surface area contributed by atoms with Crippen LogP contribution in [0.2, 0.25) is 0 Å². The number of carbonyl (C=O) groups is 2. The molecule has 33 heavy (non-hydrogen) atoms. The molecule has 3 N–H and O–H groups in total. The topological polar surface area (TPSA) is 86.4 Å². The Labute approximate surface area is 198 Å². The van der Waals surface area contributed by atoms with Gasteiger partial charge in [0.05, 0.1) is 10.6 Å². The van der Waals surface area contributed by atoms with Crippen molar-refractivity contribution in [1.82, 2.24) is 20.5 Å². The van der Waals surface area contributed by atoms with Crippen molar-refractivity contribution in [2.45, 2.75) is 39.2 Å². The first-order chi connectivity index (χ1) is 15.9. The van der Waals surface area contributed by atoms with Crippen molar-refractivity contribution >= 4 is 28.3 Å². The quantitative estimate of drug-likeness (QED) is 0.536. The molecule has 178 valence electrons. The summed E-state index contributed by atoms with van der Waals surface area (Å²) in [5.41, 5.74) is 1.83. The van der Waals surface area contributed by atoms with Gasteiger partial charge in [0, 0.05) is 45.1 Å². The second kappa shape index (κ2) is 10.7. The molecule has 1 aromatic heterocycles. The number of carbonyl (C=O) groups excluding carboxylic acids is 2. The van der Waals surface area contributed by atoms with E-state index in [4.69, 9.17) is 0 Å². The molecule has 4 rings (SSSR count). The number of thiazole rings is 1. The molecule has 0 radical (unpaired) electrons. The highest BCUT2D eigenvalue weighted by Gasteiger charge is 2.31. The Morgan fingerprint density at radius 2 is 2.06 bits per heavy atom. The van der Waals surface area contributed by atoms with Crippen molar-refractivity contribution in [2.24, 2.45) is 11.8 Å². The third-order valence-corrected chi connectivity index (χ3v) is 7.70. The number of aromatic nitrogens is 1. The SMILES string of the molecule is CC(=O)c1sc(NC(=O)N[C@@H]2CNC[C@H]2CN2CCCC(Cc3ccc(F)cc3)C2)nc1C. The van der Waals surface area contributed by atoms with Crippen molar-refractivity contribution in [3.8, 4) is 0 Å². The first-order valence-electron chi connectivity index (χ1n) is 11.6. The van der Waals surface area contributed by atoms with Crippen LogP contribution in [0.4, 0.5) is 14.3 Å². The maximum Gasteiger partial charge on any atom is 0.321 e. The largest absolute Gasteiger partial charge is 0.333 e. The fourth-order valence-electron chi connectivity index (χ4n) is 4.94. The van der Waals surface area contributed by atoms with Gasteiger partial charge < -0.3 is 15.5 Å². The minimum atomic E-state index is -0.287. The molecule has 1 aromatic carbocycles. The number of halogens is 1. The number of aryl methyl sites for hydroxylation is 1. The Bertz CT molecular complexity index is 980. The van der Waals surface area contributed by atoms with Crippen LogP contribution in [0.15, 0.2) is 24.3 Å². The monoisotopic (exact) mass is 473 g/mol. The first-order valence-corrected chi connectivity index (χ1v) is 12.4. The second-order valence-electron chi connectivity index (χ2n) is 9.21. The zero-order valence-electron chi connectivity index (χ0n) is 19.2. The van der Waals surface area contributed by atoms with E-state index in [9.17, 15) is 14.0 Å². The van der Waals surface area contributed by atoms with E-state index >= 15 is 0 Å². The van der Waals surface area contributed by atoms with Crippen molar-refractivity contribution in [3.63, 3.8) is 0 Å². The molecule has 3 atom stereocenters. The number of likely N-dealkylation sites (tertiary alicyclic amines) is 1. The molecular weight excluding hydrogens is 441 g/mol. The number of piperidine rings is 1. The average molecular weight is 474 g/mol. The van der Waals surface area contributed by atoms with Crippen LogP contribution in [-0.2, 0) is 6.42 Å². The van der Waals surface area contributed by atoms with Gasteiger partial charge in [-0.2, -0.15) is 0 Å². The number of urea groups is 1. The average Bonchev–Trinajstić information content (AvgIpc) is 3.36. The number of anilines is 1. The van der Waals surface area contributed by atoms with Crippen molar-refractivity contribution in [1.29, 1.82) is 0 Å². The molecule has 0 saturated carbocycles. The van der Waals surface area contributed by atoms with E-state index in [0.29, 0.717) is 27.5 Å². The molecule has 1 unspecified atom stereocenters. The Morgan fingerprint density at radius 3 is 2.79 bits per heavy atom. The van der Waals surface area contributed by atoms with Gasteiger partial charge in [-0.3, -0.25) is 10.1 Å². The molecule has 2 fully saturated rings. The second-order valence-corrected chi connectivity index (χ2v) is 10.2. The van der Waals surface area contributed by atoms with Crippen LogP contribution in [0.3, 0.4) is 0 Å². The number of nitrogens with one attached hydrogen (secondary N) is 3. The molecule has 2 aliphatic heterocycles. The summed E-state index contributed by atoms with van der Waals surface area (Å²) in [6, 6.07) is 6.60. The molecule has 0 bridgehead atoms. The van der Waals surface area contributed by atoms with E-state index in [1.54, 1.807) is 6.92 Å². The summed E-state index contributed by atoms with van der Waals surface area (Å²) in [6.07, 6.45) is 3.32. The normalized spacial score (nSPS) is 23.4. The number of hydrogen-bond acceptors (Lipinski definition) is 6. The standard InChI is InChI=1S/C24H32FN5O2S/c1-15-22(16(2)31)33-24(27-15)29-23(32)28-21-12-26-11-19(21)14-30-9-3-4-18(13-30)10-17-5-7-20(25)8-6-17/h5-8,18-19,21,26H,3-4,9-14H2,1-2H3,(H2,27,28,29,32)/t18?,19-,21+/m0/s1. The predicted molar refractivity (Wildman–Crippen MR) is 128 cm³/mol. The van der Waals surface area contributed by atoms with Gasteiger partial charge in [0.15, 0.2) is 10.9 Å². The van der Waals surface area contributed by atoms with Crippen molar-refractivity contribution < 1.29 is 14.0 Å². The van der Waals surface area contributed by atoms with Gasteiger partial charge in [-0.1, -0.05) is 23.5 Å². The molecule has 2 aromatic rings. The van der Waals surface area contributed by atoms with Crippen molar-refractivity contribution in [2.75, 3.05) is 38.0 Å². The third kappa shape index (κ3) is 6.37. The maximum absolute atomic E-state index is 13.2. The lowest BCUT2D eigenvalue weighted by Crippen LogP contribution is -2.47. The number of hydrogen-bond donors (Lipinski definition) is 3. The van der Waals surface area contributed by atoms with E-state index in [-0.39, 0.29) is 23.7 Å². The molecule has 2 aliphatic rings. The molecule has 0 aliphatic carbocycles. The Kier molecular flexibility index (Phi) is 7.72. The van der Waals surface area contributed by atoms with Crippen LogP contribution in [0, 0.1) is 24.6 Å². The number of amides is 2. The van der Waals surface area contributed by atoms with E-state index in [1.165, 1.54) is 42.4 Å². The van der Waals surface area contributed by atoms with Crippen LogP contribution < -0.4 is 16.0 Å². The highest BCUT2D eigenvalue weighted by Crippen LogP contribution is 2.24. The zero-order valence-corrected chi connectivity index (χ0v) is 20.0. The first kappa shape index (κ1) is 23.8. The summed E-state index contributed by atoms with van der Waals surface area (Å²) in [7, 11) is 0. The Morgan fingerprint density at radius 1 is 1.27 bits per heavy atom. The molecule has 3 heterocycles. The van der Waals surface area contributed by atoms with Gasteiger partial charge in [0.2, 0.25) is 0 Å². The summed E-state index contributed by atoms with van der Waals surface area (Å²) in [5, 5.41) is 9.72. The number of benzene rings is 1. The fourth-order valence-corrected chi connectivity index (χ4v) is 5.80. The third-order valence-electron chi connectivity index (χ3n) is 6.53. The summed E-state index contributed by atoms with van der Waals surface area (Å²) in [5.74, 6) is 0.658. The van der Waals surface area contributed by atoms with Crippen LogP contribution in [0.1, 0.15) is 40.7 Å². The lowest BCUT2D eigenvalue weighted by Gasteiger charge is -2.35. The molecule has 7 nitrogen and oxygen atoms in total. The summed E-state index contributed by atoms with van der Waals surface area (Å²) >= 11 is 1.21. The number of Topliss-reactive ketones (excluding diaryl/α,β-unsaturated/α-hetero) is 1. The fraction of sp³-hybridized carbons (Fsp3) is 0.542. The van der Waals surface area contributed by atoms with Gasteiger partial charge in [0.25, 0.3) is 0 Å². The minimum absolute atomic E-state index is 0.0378. The highest BCUT2D eigenvalue weighted by atomic mass is 32.1. The van der Waals surface area contributed by atoms with E-state index in [1.807, 2.05) is 12.1 Å². The van der Waals surface area contributed by atoms with Crippen LogP contribution in [0.5, 0.6) is 0 Å². The molecule has 2 saturated heterocycles. The highest BCUT2D eigenvalue weighted by molar-refractivity contribution is 7.17. The van der Waals surface area contributed by atoms with E-state index < -0.39 is 0 Å². The number of nitrogens with zero attached hydrogens (tertiary/aromatic N) is 2. The lowest BCUT2D eigenvalue weighted by molar-refractivity contribution is 0.102. The zero-order chi connectivity index (χ0) is 23.4. The molecule has 9 heteroatoms. The van der Waals surface area contributed by atoms with Gasteiger partial charge in [0.1, 0.15) is 5.82 Å². The minimum Gasteiger partial charge on any atom is -0.333 e. The van der Waals surface area contributed by atoms with E-state index in [0.717, 1.165) is 45.6 Å². The smallest absolute Gasteiger partial charge is 0.321 e. The number of ketones is 1. The Balaban J connectivity index is 1.28. The van der Waals surface area contributed by atoms with Crippen LogP contribution >= 0.6 is 11.3 Å². The van der Waals surface area contributed by atoms with Gasteiger partial charge >= 0.3 is 6.03 Å². The van der Waals surface area contributed by atoms with Crippen LogP contribution in [-0.4, -0.2) is 60.5 Å². The molecular formula is C24H32FN5O2S. The predicted octanol–water partition coefficient (Wildman–Crippen LogP) is 3.46. The lowest BCUT2D eigenvalue weighted by atomic mass is 9.90.